The maximum absolute atomic E-state index is 11.6. The highest BCUT2D eigenvalue weighted by atomic mass is 16.3. The molecule has 8 heteroatoms. The molecule has 0 bridgehead atoms. The molecular weight excluding hydrogens is 264 g/mol. The van der Waals surface area contributed by atoms with Crippen LogP contribution in [0.25, 0.3) is 11.2 Å². The van der Waals surface area contributed by atoms with Crippen LogP contribution in [0.5, 0.6) is 0 Å². The minimum Gasteiger partial charge on any atom is -0.396 e. The van der Waals surface area contributed by atoms with Crippen molar-refractivity contribution < 1.29 is 15.3 Å². The molecular formula is C12H14N4O4. The number of hydrogen-bond acceptors (Lipinski definition) is 6. The van der Waals surface area contributed by atoms with Gasteiger partial charge in [0.05, 0.1) is 31.4 Å². The Bertz CT molecular complexity index is 740. The number of aromatic amines is 1. The monoisotopic (exact) mass is 278 g/mol. The molecule has 2 fully saturated rings. The highest BCUT2D eigenvalue weighted by Crippen LogP contribution is 2.67. The molecule has 0 radical (unpaired) electrons. The van der Waals surface area contributed by atoms with Gasteiger partial charge in [-0.05, 0) is 12.3 Å². The first-order chi connectivity index (χ1) is 9.60. The summed E-state index contributed by atoms with van der Waals surface area (Å²) in [5.41, 5.74) is -0.380. The number of rotatable bonds is 2. The van der Waals surface area contributed by atoms with Gasteiger partial charge >= 0.3 is 0 Å². The molecule has 2 aromatic heterocycles. The van der Waals surface area contributed by atoms with E-state index in [0.717, 1.165) is 0 Å². The van der Waals surface area contributed by atoms with Crippen LogP contribution in [0.1, 0.15) is 12.5 Å². The van der Waals surface area contributed by atoms with E-state index in [-0.39, 0.29) is 23.6 Å². The largest absolute Gasteiger partial charge is 0.396 e. The number of nitrogens with zero attached hydrogens (tertiary/aromatic N) is 3. The Kier molecular flexibility index (Phi) is 2.20. The lowest BCUT2D eigenvalue weighted by atomic mass is 10.0. The normalized spacial score (nSPS) is 39.1. The van der Waals surface area contributed by atoms with E-state index in [1.165, 1.54) is 12.7 Å². The van der Waals surface area contributed by atoms with E-state index in [2.05, 4.69) is 15.0 Å². The van der Waals surface area contributed by atoms with Crippen LogP contribution in [-0.2, 0) is 0 Å². The first-order valence-corrected chi connectivity index (χ1v) is 6.47. The number of aliphatic hydroxyl groups excluding tert-OH is 3. The molecule has 2 saturated carbocycles. The van der Waals surface area contributed by atoms with Crippen LogP contribution in [0.4, 0.5) is 0 Å². The first-order valence-electron chi connectivity index (χ1n) is 6.47. The van der Waals surface area contributed by atoms with Crippen molar-refractivity contribution in [2.45, 2.75) is 24.7 Å². The summed E-state index contributed by atoms with van der Waals surface area (Å²) in [6.07, 6.45) is 1.42. The number of aliphatic hydroxyl groups is 3. The second kappa shape index (κ2) is 3.66. The summed E-state index contributed by atoms with van der Waals surface area (Å²) < 4.78 is 1.63. The lowest BCUT2D eigenvalue weighted by Crippen LogP contribution is -2.35. The average molecular weight is 278 g/mol. The molecule has 2 aromatic rings. The van der Waals surface area contributed by atoms with E-state index >= 15 is 0 Å². The maximum Gasteiger partial charge on any atom is 0.278 e. The number of H-pyrrole nitrogens is 1. The van der Waals surface area contributed by atoms with Crippen LogP contribution < -0.4 is 5.56 Å². The quantitative estimate of drug-likeness (QED) is 0.524. The molecule has 20 heavy (non-hydrogen) atoms. The van der Waals surface area contributed by atoms with Gasteiger partial charge in [0.1, 0.15) is 6.10 Å². The van der Waals surface area contributed by atoms with Crippen molar-refractivity contribution in [3.8, 4) is 0 Å². The number of aromatic nitrogens is 4. The molecule has 0 amide bonds. The van der Waals surface area contributed by atoms with Crippen molar-refractivity contribution in [3.63, 3.8) is 0 Å². The van der Waals surface area contributed by atoms with Gasteiger partial charge in [-0.2, -0.15) is 0 Å². The SMILES string of the molecule is O=c1[nH]cnc2c1ncn2[C@H]1[C@H](O)[C@H](O)[C@@]2(CO)C[C@H]12. The summed E-state index contributed by atoms with van der Waals surface area (Å²) in [5.74, 6) is -0.0315. The van der Waals surface area contributed by atoms with E-state index in [1.54, 1.807) is 4.57 Å². The molecule has 4 rings (SSSR count). The lowest BCUT2D eigenvalue weighted by Gasteiger charge is -2.23. The molecule has 2 heterocycles. The van der Waals surface area contributed by atoms with Gasteiger partial charge in [0.25, 0.3) is 5.56 Å². The molecule has 2 aliphatic carbocycles. The van der Waals surface area contributed by atoms with Crippen molar-refractivity contribution in [3.05, 3.63) is 23.0 Å². The van der Waals surface area contributed by atoms with Gasteiger partial charge in [0, 0.05) is 5.41 Å². The lowest BCUT2D eigenvalue weighted by molar-refractivity contribution is -0.0300. The molecule has 0 spiro atoms. The fourth-order valence-corrected chi connectivity index (χ4v) is 3.63. The summed E-state index contributed by atoms with van der Waals surface area (Å²) in [5, 5.41) is 29.8. The summed E-state index contributed by atoms with van der Waals surface area (Å²) in [4.78, 5) is 22.2. The zero-order valence-electron chi connectivity index (χ0n) is 10.5. The van der Waals surface area contributed by atoms with Gasteiger partial charge in [-0.25, -0.2) is 9.97 Å². The summed E-state index contributed by atoms with van der Waals surface area (Å²) in [7, 11) is 0. The molecule has 0 unspecified atom stereocenters. The van der Waals surface area contributed by atoms with E-state index in [0.29, 0.717) is 12.1 Å². The topological polar surface area (TPSA) is 124 Å². The van der Waals surface area contributed by atoms with Gasteiger partial charge in [-0.1, -0.05) is 0 Å². The third-order valence-corrected chi connectivity index (χ3v) is 4.83. The minimum atomic E-state index is -1.00. The summed E-state index contributed by atoms with van der Waals surface area (Å²) in [6.45, 7) is -0.160. The van der Waals surface area contributed by atoms with E-state index in [9.17, 15) is 20.1 Å². The second-order valence-corrected chi connectivity index (χ2v) is 5.68. The molecule has 5 atom stereocenters. The molecule has 0 aliphatic heterocycles. The highest BCUT2D eigenvalue weighted by Gasteiger charge is 2.71. The van der Waals surface area contributed by atoms with Crippen LogP contribution in [0.15, 0.2) is 17.4 Å². The van der Waals surface area contributed by atoms with E-state index in [1.807, 2.05) is 0 Å². The Hall–Kier alpha value is -1.77. The molecule has 4 N–H and O–H groups in total. The van der Waals surface area contributed by atoms with Gasteiger partial charge in [-0.15, -0.1) is 0 Å². The standard InChI is InChI=1S/C12H14N4O4/c17-2-12-1-5(12)7(8(18)9(12)19)16-4-15-6-10(16)13-3-14-11(6)20/h3-5,7-9,17-19H,1-2H2,(H,13,14,20)/t5-,7-,8+,9+,12-/m1/s1. The molecule has 2 aliphatic rings. The van der Waals surface area contributed by atoms with Gasteiger partial charge in [0.15, 0.2) is 11.2 Å². The number of fused-ring (bicyclic) bond motifs is 2. The van der Waals surface area contributed by atoms with Crippen molar-refractivity contribution in [2.24, 2.45) is 11.3 Å². The Labute approximate surface area is 112 Å². The molecule has 8 nitrogen and oxygen atoms in total. The Morgan fingerprint density at radius 1 is 1.45 bits per heavy atom. The first kappa shape index (κ1) is 12.0. The maximum atomic E-state index is 11.6. The van der Waals surface area contributed by atoms with E-state index in [4.69, 9.17) is 0 Å². The predicted molar refractivity (Wildman–Crippen MR) is 66.8 cm³/mol. The predicted octanol–water partition coefficient (Wildman–Crippen LogP) is -1.61. The number of hydrogen-bond donors (Lipinski definition) is 4. The number of imidazole rings is 1. The van der Waals surface area contributed by atoms with Crippen LogP contribution in [0.2, 0.25) is 0 Å². The third kappa shape index (κ3) is 1.23. The van der Waals surface area contributed by atoms with Crippen LogP contribution in [0, 0.1) is 11.3 Å². The molecule has 0 saturated heterocycles. The van der Waals surface area contributed by atoms with Crippen molar-refractivity contribution in [1.29, 1.82) is 0 Å². The molecule has 106 valence electrons. The van der Waals surface area contributed by atoms with Gasteiger partial charge in [0.2, 0.25) is 0 Å². The smallest absolute Gasteiger partial charge is 0.278 e. The van der Waals surface area contributed by atoms with Crippen molar-refractivity contribution in [2.75, 3.05) is 6.61 Å². The fourth-order valence-electron chi connectivity index (χ4n) is 3.63. The zero-order valence-corrected chi connectivity index (χ0v) is 10.5. The average Bonchev–Trinajstić information content (AvgIpc) is 2.95. The van der Waals surface area contributed by atoms with Crippen LogP contribution >= 0.6 is 0 Å². The summed E-state index contributed by atoms with van der Waals surface area (Å²) in [6, 6.07) is -0.420. The van der Waals surface area contributed by atoms with Crippen molar-refractivity contribution >= 4 is 11.2 Å². The summed E-state index contributed by atoms with van der Waals surface area (Å²) >= 11 is 0. The van der Waals surface area contributed by atoms with Crippen LogP contribution in [0.3, 0.4) is 0 Å². The Morgan fingerprint density at radius 3 is 2.95 bits per heavy atom. The van der Waals surface area contributed by atoms with Crippen LogP contribution in [-0.4, -0.2) is 53.7 Å². The number of nitrogens with one attached hydrogen (secondary N) is 1. The van der Waals surface area contributed by atoms with Crippen molar-refractivity contribution in [1.82, 2.24) is 19.5 Å². The van der Waals surface area contributed by atoms with Gasteiger partial charge in [-0.3, -0.25) is 4.79 Å². The van der Waals surface area contributed by atoms with E-state index < -0.39 is 23.7 Å². The molecule has 0 aromatic carbocycles. The highest BCUT2D eigenvalue weighted by molar-refractivity contribution is 5.69. The second-order valence-electron chi connectivity index (χ2n) is 5.68. The van der Waals surface area contributed by atoms with Gasteiger partial charge < -0.3 is 24.9 Å². The third-order valence-electron chi connectivity index (χ3n) is 4.83. The fraction of sp³-hybridized carbons (Fsp3) is 0.583. The minimum absolute atomic E-state index is 0.0315. The zero-order chi connectivity index (χ0) is 14.1. The Morgan fingerprint density at radius 2 is 2.25 bits per heavy atom. The Balaban J connectivity index is 1.85.